The Morgan fingerprint density at radius 1 is 1.18 bits per heavy atom. The number of benzene rings is 1. The smallest absolute Gasteiger partial charge is 0.225 e. The van der Waals surface area contributed by atoms with Crippen LogP contribution in [0.25, 0.3) is 0 Å². The van der Waals surface area contributed by atoms with Crippen LogP contribution in [0, 0.1) is 5.92 Å². The zero-order chi connectivity index (χ0) is 20.6. The van der Waals surface area contributed by atoms with Gasteiger partial charge in [-0.15, -0.1) is 0 Å². The van der Waals surface area contributed by atoms with Crippen LogP contribution in [0.2, 0.25) is 0 Å². The van der Waals surface area contributed by atoms with Crippen LogP contribution in [-0.4, -0.2) is 49.5 Å². The van der Waals surface area contributed by atoms with E-state index in [0.717, 1.165) is 51.3 Å². The molecule has 0 atom stereocenters. The van der Waals surface area contributed by atoms with Crippen LogP contribution in [0.1, 0.15) is 58.9 Å². The average molecular weight is 387 g/mol. The van der Waals surface area contributed by atoms with Crippen molar-refractivity contribution in [2.75, 3.05) is 26.7 Å². The van der Waals surface area contributed by atoms with E-state index in [1.807, 2.05) is 25.8 Å². The van der Waals surface area contributed by atoms with Gasteiger partial charge in [-0.1, -0.05) is 58.0 Å². The number of guanidine groups is 1. The zero-order valence-electron chi connectivity index (χ0n) is 18.3. The first-order chi connectivity index (χ1) is 13.5. The largest absolute Gasteiger partial charge is 0.356 e. The van der Waals surface area contributed by atoms with E-state index in [1.165, 1.54) is 5.56 Å². The molecule has 1 saturated heterocycles. The maximum absolute atomic E-state index is 12.2. The van der Waals surface area contributed by atoms with Gasteiger partial charge in [0.15, 0.2) is 5.96 Å². The van der Waals surface area contributed by atoms with Gasteiger partial charge >= 0.3 is 0 Å². The summed E-state index contributed by atoms with van der Waals surface area (Å²) in [6.45, 7) is 11.0. The van der Waals surface area contributed by atoms with Crippen molar-refractivity contribution < 1.29 is 4.79 Å². The molecule has 156 valence electrons. The summed E-state index contributed by atoms with van der Waals surface area (Å²) in [4.78, 5) is 18.6. The molecule has 0 saturated carbocycles. The van der Waals surface area contributed by atoms with Crippen molar-refractivity contribution in [2.24, 2.45) is 10.9 Å². The first kappa shape index (κ1) is 22.3. The van der Waals surface area contributed by atoms with Gasteiger partial charge in [-0.05, 0) is 31.2 Å². The molecular weight excluding hydrogens is 348 g/mol. The van der Waals surface area contributed by atoms with E-state index in [1.54, 1.807) is 0 Å². The van der Waals surface area contributed by atoms with E-state index in [4.69, 9.17) is 0 Å². The zero-order valence-corrected chi connectivity index (χ0v) is 18.3. The number of piperidine rings is 1. The van der Waals surface area contributed by atoms with Gasteiger partial charge in [0.1, 0.15) is 0 Å². The standard InChI is InChI=1S/C23H38N4O/c1-6-23(7-2,19-11-9-8-10-12-19)17-25-22(24-5)26-20-13-15-27(16-14-20)21(28)18(3)4/h8-12,18,20H,6-7,13-17H2,1-5H3,(H2,24,25,26). The lowest BCUT2D eigenvalue weighted by atomic mass is 9.76. The van der Waals surface area contributed by atoms with E-state index in [2.05, 4.69) is 59.8 Å². The molecule has 1 aromatic rings. The van der Waals surface area contributed by atoms with E-state index >= 15 is 0 Å². The highest BCUT2D eigenvalue weighted by molar-refractivity contribution is 5.80. The lowest BCUT2D eigenvalue weighted by Crippen LogP contribution is -2.52. The predicted octanol–water partition coefficient (Wildman–Crippen LogP) is 3.56. The molecule has 0 spiro atoms. The second-order valence-corrected chi connectivity index (χ2v) is 8.18. The monoisotopic (exact) mass is 386 g/mol. The molecule has 1 heterocycles. The molecule has 0 aromatic heterocycles. The molecule has 0 unspecified atom stereocenters. The molecule has 0 aliphatic carbocycles. The molecule has 1 aromatic carbocycles. The van der Waals surface area contributed by atoms with E-state index in [0.29, 0.717) is 6.04 Å². The van der Waals surface area contributed by atoms with Crippen LogP contribution in [0.4, 0.5) is 0 Å². The molecular formula is C23H38N4O. The quantitative estimate of drug-likeness (QED) is 0.556. The fraction of sp³-hybridized carbons (Fsp3) is 0.652. The van der Waals surface area contributed by atoms with Gasteiger partial charge in [0.25, 0.3) is 0 Å². The van der Waals surface area contributed by atoms with Crippen LogP contribution in [0.3, 0.4) is 0 Å². The molecule has 2 rings (SSSR count). The lowest BCUT2D eigenvalue weighted by Gasteiger charge is -2.36. The van der Waals surface area contributed by atoms with Gasteiger partial charge in [-0.2, -0.15) is 0 Å². The molecule has 1 aliphatic heterocycles. The Balaban J connectivity index is 1.92. The average Bonchev–Trinajstić information content (AvgIpc) is 2.74. The summed E-state index contributed by atoms with van der Waals surface area (Å²) < 4.78 is 0. The summed E-state index contributed by atoms with van der Waals surface area (Å²) in [6.07, 6.45) is 4.08. The number of rotatable bonds is 7. The number of aliphatic imine (C=N–C) groups is 1. The maximum Gasteiger partial charge on any atom is 0.225 e. The third-order valence-electron chi connectivity index (χ3n) is 6.20. The number of carbonyl (C=O) groups is 1. The topological polar surface area (TPSA) is 56.7 Å². The van der Waals surface area contributed by atoms with Crippen molar-refractivity contribution in [3.63, 3.8) is 0 Å². The third-order valence-corrected chi connectivity index (χ3v) is 6.20. The summed E-state index contributed by atoms with van der Waals surface area (Å²) >= 11 is 0. The Kier molecular flexibility index (Phi) is 8.34. The van der Waals surface area contributed by atoms with Gasteiger partial charge in [0.05, 0.1) is 0 Å². The lowest BCUT2D eigenvalue weighted by molar-refractivity contribution is -0.135. The van der Waals surface area contributed by atoms with Gasteiger partial charge < -0.3 is 15.5 Å². The molecule has 0 radical (unpaired) electrons. The number of hydrogen-bond donors (Lipinski definition) is 2. The highest BCUT2D eigenvalue weighted by atomic mass is 16.2. The molecule has 28 heavy (non-hydrogen) atoms. The van der Waals surface area contributed by atoms with E-state index in [9.17, 15) is 4.79 Å². The van der Waals surface area contributed by atoms with Gasteiger partial charge in [-0.25, -0.2) is 0 Å². The number of nitrogens with one attached hydrogen (secondary N) is 2. The maximum atomic E-state index is 12.2. The van der Waals surface area contributed by atoms with Crippen LogP contribution >= 0.6 is 0 Å². The second-order valence-electron chi connectivity index (χ2n) is 8.18. The molecule has 5 nitrogen and oxygen atoms in total. The molecule has 0 bridgehead atoms. The van der Waals surface area contributed by atoms with Gasteiger partial charge in [0, 0.05) is 44.1 Å². The van der Waals surface area contributed by atoms with Crippen molar-refractivity contribution in [3.8, 4) is 0 Å². The van der Waals surface area contributed by atoms with Gasteiger partial charge in [-0.3, -0.25) is 9.79 Å². The summed E-state index contributed by atoms with van der Waals surface area (Å²) in [6, 6.07) is 11.1. The predicted molar refractivity (Wildman–Crippen MR) is 118 cm³/mol. The summed E-state index contributed by atoms with van der Waals surface area (Å²) in [5.41, 5.74) is 1.48. The van der Waals surface area contributed by atoms with Crippen molar-refractivity contribution in [3.05, 3.63) is 35.9 Å². The summed E-state index contributed by atoms with van der Waals surface area (Å²) in [5.74, 6) is 1.20. The molecule has 5 heteroatoms. The minimum atomic E-state index is 0.0770. The summed E-state index contributed by atoms with van der Waals surface area (Å²) in [5, 5.41) is 7.14. The van der Waals surface area contributed by atoms with E-state index in [-0.39, 0.29) is 17.2 Å². The van der Waals surface area contributed by atoms with Crippen molar-refractivity contribution in [1.29, 1.82) is 0 Å². The first-order valence-corrected chi connectivity index (χ1v) is 10.8. The Labute approximate surface area is 171 Å². The molecule has 1 amide bonds. The molecule has 1 fully saturated rings. The van der Waals surface area contributed by atoms with Crippen molar-refractivity contribution in [2.45, 2.75) is 64.8 Å². The van der Waals surface area contributed by atoms with Crippen LogP contribution in [-0.2, 0) is 10.2 Å². The minimum absolute atomic E-state index is 0.0770. The van der Waals surface area contributed by atoms with Crippen molar-refractivity contribution in [1.82, 2.24) is 15.5 Å². The second kappa shape index (κ2) is 10.5. The third kappa shape index (κ3) is 5.49. The number of amides is 1. The number of nitrogens with zero attached hydrogens (tertiary/aromatic N) is 2. The minimum Gasteiger partial charge on any atom is -0.356 e. The Morgan fingerprint density at radius 2 is 1.79 bits per heavy atom. The Bertz CT molecular complexity index is 629. The first-order valence-electron chi connectivity index (χ1n) is 10.8. The van der Waals surface area contributed by atoms with Crippen LogP contribution in [0.5, 0.6) is 0 Å². The Hall–Kier alpha value is -2.04. The van der Waals surface area contributed by atoms with E-state index < -0.39 is 0 Å². The fourth-order valence-electron chi connectivity index (χ4n) is 4.05. The number of hydrogen-bond acceptors (Lipinski definition) is 2. The molecule has 2 N–H and O–H groups in total. The normalized spacial score (nSPS) is 16.4. The summed E-state index contributed by atoms with van der Waals surface area (Å²) in [7, 11) is 1.83. The highest BCUT2D eigenvalue weighted by Gasteiger charge is 2.29. The fourth-order valence-corrected chi connectivity index (χ4v) is 4.05. The Morgan fingerprint density at radius 3 is 2.29 bits per heavy atom. The van der Waals surface area contributed by atoms with Crippen molar-refractivity contribution >= 4 is 11.9 Å². The van der Waals surface area contributed by atoms with Crippen LogP contribution < -0.4 is 10.6 Å². The van der Waals surface area contributed by atoms with Gasteiger partial charge in [0.2, 0.25) is 5.91 Å². The number of carbonyl (C=O) groups excluding carboxylic acids is 1. The van der Waals surface area contributed by atoms with Crippen LogP contribution in [0.15, 0.2) is 35.3 Å². The molecule has 1 aliphatic rings. The SMILES string of the molecule is CCC(CC)(CNC(=NC)NC1CCN(C(=O)C(C)C)CC1)c1ccccc1. The highest BCUT2D eigenvalue weighted by Crippen LogP contribution is 2.30. The number of likely N-dealkylation sites (tertiary alicyclic amines) is 1.